The number of aromatic amines is 1. The van der Waals surface area contributed by atoms with Crippen molar-refractivity contribution in [2.75, 3.05) is 16.0 Å². The van der Waals surface area contributed by atoms with Crippen LogP contribution in [0.1, 0.15) is 17.9 Å². The molecule has 11 nitrogen and oxygen atoms in total. The number of nitro benzene ring substituents is 1. The fraction of sp³-hybridized carbons (Fsp3) is 0.100. The van der Waals surface area contributed by atoms with Crippen molar-refractivity contribution >= 4 is 52.2 Å². The van der Waals surface area contributed by atoms with Crippen molar-refractivity contribution in [3.8, 4) is 0 Å². The summed E-state index contributed by atoms with van der Waals surface area (Å²) < 4.78 is 0. The number of nitro groups is 1. The molecule has 0 fully saturated rings. The van der Waals surface area contributed by atoms with Gasteiger partial charge in [0.25, 0.3) is 11.2 Å². The minimum Gasteiger partial charge on any atom is -0.326 e. The Labute approximate surface area is 185 Å². The van der Waals surface area contributed by atoms with Crippen LogP contribution >= 0.6 is 11.6 Å². The number of hydrogen-bond donors (Lipinski definition) is 4. The van der Waals surface area contributed by atoms with Crippen molar-refractivity contribution in [2.45, 2.75) is 12.3 Å². The number of carbonyl (C=O) groups is 2. The average molecular weight is 455 g/mol. The maximum Gasteiger partial charge on any atom is 0.292 e. The summed E-state index contributed by atoms with van der Waals surface area (Å²) >= 11 is 5.95. The van der Waals surface area contributed by atoms with E-state index < -0.39 is 28.2 Å². The summed E-state index contributed by atoms with van der Waals surface area (Å²) in [7, 11) is 0. The highest BCUT2D eigenvalue weighted by Gasteiger charge is 2.35. The molecule has 4 rings (SSSR count). The van der Waals surface area contributed by atoms with Gasteiger partial charge in [-0.05, 0) is 24.3 Å². The predicted octanol–water partition coefficient (Wildman–Crippen LogP) is 3.14. The maximum absolute atomic E-state index is 12.9. The summed E-state index contributed by atoms with van der Waals surface area (Å²) in [5.74, 6) is -2.48. The average Bonchev–Trinajstić information content (AvgIpc) is 2.73. The number of hydrogen-bond acceptors (Lipinski definition) is 7. The third-order valence-electron chi connectivity index (χ3n) is 4.71. The number of carbonyl (C=O) groups excluding carboxylic acids is 2. The molecule has 1 unspecified atom stereocenters. The van der Waals surface area contributed by atoms with Gasteiger partial charge in [0.1, 0.15) is 11.5 Å². The lowest BCUT2D eigenvalue weighted by Gasteiger charge is -2.23. The number of rotatable bonds is 5. The molecule has 162 valence electrons. The lowest BCUT2D eigenvalue weighted by molar-refractivity contribution is -0.383. The van der Waals surface area contributed by atoms with E-state index in [1.165, 1.54) is 24.3 Å². The number of aromatic nitrogens is 2. The zero-order valence-corrected chi connectivity index (χ0v) is 17.0. The molecule has 0 aliphatic carbocycles. The number of H-pyrrole nitrogens is 1. The number of anilines is 4. The first-order chi connectivity index (χ1) is 15.3. The number of para-hydroxylation sites is 2. The van der Waals surface area contributed by atoms with Crippen LogP contribution in [0.5, 0.6) is 0 Å². The Hall–Kier alpha value is -4.25. The van der Waals surface area contributed by atoms with Gasteiger partial charge in [-0.3, -0.25) is 29.5 Å². The molecule has 2 aromatic carbocycles. The molecule has 0 radical (unpaired) electrons. The minimum absolute atomic E-state index is 0.0380. The molecule has 12 heteroatoms. The second kappa shape index (κ2) is 8.47. The van der Waals surface area contributed by atoms with E-state index in [1.807, 2.05) is 0 Å². The quantitative estimate of drug-likeness (QED) is 0.340. The minimum atomic E-state index is -1.19. The van der Waals surface area contributed by atoms with E-state index in [9.17, 15) is 24.5 Å². The lowest BCUT2D eigenvalue weighted by atomic mass is 9.92. The topological polar surface area (TPSA) is 159 Å². The number of halogens is 1. The summed E-state index contributed by atoms with van der Waals surface area (Å²) in [6.07, 6.45) is -0.314. The zero-order chi connectivity index (χ0) is 22.8. The maximum atomic E-state index is 12.9. The summed E-state index contributed by atoms with van der Waals surface area (Å²) in [6.45, 7) is 0. The first-order valence-electron chi connectivity index (χ1n) is 9.33. The molecule has 2 heterocycles. The van der Waals surface area contributed by atoms with Gasteiger partial charge in [0.05, 0.1) is 16.4 Å². The van der Waals surface area contributed by atoms with Crippen molar-refractivity contribution in [1.82, 2.24) is 9.97 Å². The van der Waals surface area contributed by atoms with Gasteiger partial charge in [0.2, 0.25) is 17.8 Å². The molecule has 0 saturated heterocycles. The van der Waals surface area contributed by atoms with Gasteiger partial charge in [0, 0.05) is 23.2 Å². The number of nitrogens with zero attached hydrogens (tertiary/aromatic N) is 2. The van der Waals surface area contributed by atoms with Crippen LogP contribution < -0.4 is 21.5 Å². The molecule has 1 atom stereocenters. The molecule has 1 aromatic heterocycles. The van der Waals surface area contributed by atoms with Crippen molar-refractivity contribution in [2.24, 2.45) is 0 Å². The number of fused-ring (bicyclic) bond motifs is 1. The van der Waals surface area contributed by atoms with Crippen LogP contribution in [0.15, 0.2) is 53.3 Å². The Kier molecular flexibility index (Phi) is 5.56. The fourth-order valence-electron chi connectivity index (χ4n) is 3.32. The first kappa shape index (κ1) is 21.0. The van der Waals surface area contributed by atoms with E-state index in [0.717, 1.165) is 0 Å². The Balaban J connectivity index is 1.66. The van der Waals surface area contributed by atoms with Crippen LogP contribution in [0.2, 0.25) is 5.02 Å². The van der Waals surface area contributed by atoms with Crippen molar-refractivity contribution in [1.29, 1.82) is 0 Å². The van der Waals surface area contributed by atoms with Gasteiger partial charge in [-0.2, -0.15) is 4.98 Å². The molecule has 32 heavy (non-hydrogen) atoms. The third-order valence-corrected chi connectivity index (χ3v) is 4.95. The molecular formula is C20H15ClN6O5. The van der Waals surface area contributed by atoms with E-state index in [4.69, 9.17) is 11.6 Å². The molecule has 0 saturated carbocycles. The Morgan fingerprint density at radius 2 is 1.97 bits per heavy atom. The smallest absolute Gasteiger partial charge is 0.292 e. The van der Waals surface area contributed by atoms with Gasteiger partial charge < -0.3 is 16.0 Å². The van der Waals surface area contributed by atoms with Crippen LogP contribution in [0, 0.1) is 10.1 Å². The van der Waals surface area contributed by atoms with Gasteiger partial charge in [-0.1, -0.05) is 29.8 Å². The molecule has 4 N–H and O–H groups in total. The van der Waals surface area contributed by atoms with Gasteiger partial charge in [0.15, 0.2) is 0 Å². The summed E-state index contributed by atoms with van der Waals surface area (Å²) in [5.41, 5.74) is -0.485. The largest absolute Gasteiger partial charge is 0.326 e. The monoisotopic (exact) mass is 454 g/mol. The second-order valence-corrected chi connectivity index (χ2v) is 7.32. The van der Waals surface area contributed by atoms with Gasteiger partial charge in [-0.25, -0.2) is 0 Å². The van der Waals surface area contributed by atoms with Crippen LogP contribution in [0.4, 0.5) is 28.8 Å². The molecule has 3 aromatic rings. The molecule has 1 aliphatic heterocycles. The first-order valence-corrected chi connectivity index (χ1v) is 9.70. The van der Waals surface area contributed by atoms with E-state index in [1.54, 1.807) is 24.3 Å². The van der Waals surface area contributed by atoms with Crippen LogP contribution in [0.3, 0.4) is 0 Å². The van der Waals surface area contributed by atoms with Crippen molar-refractivity contribution in [3.05, 3.63) is 79.6 Å². The molecule has 0 spiro atoms. The predicted molar refractivity (Wildman–Crippen MR) is 117 cm³/mol. The van der Waals surface area contributed by atoms with E-state index >= 15 is 0 Å². The fourth-order valence-corrected chi connectivity index (χ4v) is 3.51. The highest BCUT2D eigenvalue weighted by molar-refractivity contribution is 6.30. The number of amides is 2. The molecule has 2 amide bonds. The number of nitrogens with one attached hydrogen (secondary N) is 4. The SMILES string of the molecule is O=C1CC(C(=O)Nc2ccccc2[N+](=O)[O-])c2c(nc(Nc3cccc(Cl)c3)[nH]c2=O)N1. The summed E-state index contributed by atoms with van der Waals surface area (Å²) in [6, 6.07) is 12.3. The van der Waals surface area contributed by atoms with Gasteiger partial charge in [-0.15, -0.1) is 0 Å². The highest BCUT2D eigenvalue weighted by Crippen LogP contribution is 2.32. The van der Waals surface area contributed by atoms with Gasteiger partial charge >= 0.3 is 0 Å². The standard InChI is InChI=1S/C20H15ClN6O5/c21-10-4-3-5-11(8-10)22-20-25-17-16(19(30)26-20)12(9-15(28)24-17)18(29)23-13-6-1-2-7-14(13)27(31)32/h1-8,12H,9H2,(H,23,29)(H3,22,24,25,26,28,30). The Morgan fingerprint density at radius 3 is 2.72 bits per heavy atom. The molecule has 1 aliphatic rings. The Morgan fingerprint density at radius 1 is 1.19 bits per heavy atom. The number of benzene rings is 2. The Bertz CT molecular complexity index is 1310. The second-order valence-electron chi connectivity index (χ2n) is 6.88. The van der Waals surface area contributed by atoms with E-state index in [2.05, 4.69) is 25.9 Å². The van der Waals surface area contributed by atoms with Crippen molar-refractivity contribution in [3.63, 3.8) is 0 Å². The van der Waals surface area contributed by atoms with Crippen LogP contribution in [-0.2, 0) is 9.59 Å². The van der Waals surface area contributed by atoms with Crippen LogP contribution in [0.25, 0.3) is 0 Å². The normalized spacial score (nSPS) is 14.8. The third kappa shape index (κ3) is 4.27. The molecule has 0 bridgehead atoms. The highest BCUT2D eigenvalue weighted by atomic mass is 35.5. The lowest BCUT2D eigenvalue weighted by Crippen LogP contribution is -2.36. The van der Waals surface area contributed by atoms with E-state index in [0.29, 0.717) is 10.7 Å². The summed E-state index contributed by atoms with van der Waals surface area (Å²) in [5, 5.41) is 19.5. The van der Waals surface area contributed by atoms with E-state index in [-0.39, 0.29) is 35.1 Å². The van der Waals surface area contributed by atoms with Crippen LogP contribution in [-0.4, -0.2) is 26.7 Å². The molecular weight excluding hydrogens is 440 g/mol. The van der Waals surface area contributed by atoms with Crippen molar-refractivity contribution < 1.29 is 14.5 Å². The zero-order valence-electron chi connectivity index (χ0n) is 16.2. The summed E-state index contributed by atoms with van der Waals surface area (Å²) in [4.78, 5) is 55.2.